The molecule has 1 amide bonds. The molecule has 2 aromatic carbocycles. The fourth-order valence-corrected chi connectivity index (χ4v) is 3.54. The molecule has 1 aliphatic rings. The quantitative estimate of drug-likeness (QED) is 0.669. The second kappa shape index (κ2) is 9.03. The van der Waals surface area contributed by atoms with Gasteiger partial charge in [0.05, 0.1) is 37.6 Å². The van der Waals surface area contributed by atoms with Gasteiger partial charge in [-0.15, -0.1) is 0 Å². The standard InChI is InChI=1S/C23H26N4O2/c1-18-7-9-19(10-8-18)22-21(17-27(25-22)20-5-3-2-4-6-20)23(28)24-11-12-26-13-15-29-16-14-26/h2-10,17H,11-16H2,1H3,(H,24,28)/p+1. The summed E-state index contributed by atoms with van der Waals surface area (Å²) in [5.41, 5.74) is 4.34. The normalized spacial score (nSPS) is 14.7. The summed E-state index contributed by atoms with van der Waals surface area (Å²) in [4.78, 5) is 14.5. The number of amides is 1. The lowest BCUT2D eigenvalue weighted by atomic mass is 10.1. The first-order valence-corrected chi connectivity index (χ1v) is 10.1. The topological polar surface area (TPSA) is 60.6 Å². The van der Waals surface area contributed by atoms with E-state index in [9.17, 15) is 4.79 Å². The van der Waals surface area contributed by atoms with Crippen molar-refractivity contribution in [3.8, 4) is 16.9 Å². The Morgan fingerprint density at radius 2 is 1.83 bits per heavy atom. The van der Waals surface area contributed by atoms with Crippen LogP contribution in [-0.4, -0.2) is 55.1 Å². The summed E-state index contributed by atoms with van der Waals surface area (Å²) in [6.07, 6.45) is 1.82. The van der Waals surface area contributed by atoms with Crippen molar-refractivity contribution < 1.29 is 14.4 Å². The smallest absolute Gasteiger partial charge is 0.255 e. The first kappa shape index (κ1) is 19.4. The summed E-state index contributed by atoms with van der Waals surface area (Å²) in [7, 11) is 0. The lowest BCUT2D eigenvalue weighted by Crippen LogP contribution is -3.14. The summed E-state index contributed by atoms with van der Waals surface area (Å²) in [5.74, 6) is -0.0876. The van der Waals surface area contributed by atoms with Gasteiger partial charge in [-0.2, -0.15) is 5.10 Å². The third kappa shape index (κ3) is 4.72. The molecule has 1 aromatic heterocycles. The number of carbonyl (C=O) groups excluding carboxylic acids is 1. The Hall–Kier alpha value is -2.96. The van der Waals surface area contributed by atoms with Crippen LogP contribution in [0.4, 0.5) is 0 Å². The van der Waals surface area contributed by atoms with E-state index in [4.69, 9.17) is 9.84 Å². The molecule has 0 unspecified atom stereocenters. The molecule has 6 nitrogen and oxygen atoms in total. The van der Waals surface area contributed by atoms with Gasteiger partial charge in [-0.05, 0) is 19.1 Å². The van der Waals surface area contributed by atoms with Crippen LogP contribution in [-0.2, 0) is 4.74 Å². The Labute approximate surface area is 171 Å². The fraction of sp³-hybridized carbons (Fsp3) is 0.304. The van der Waals surface area contributed by atoms with E-state index in [1.54, 1.807) is 4.68 Å². The van der Waals surface area contributed by atoms with Gasteiger partial charge < -0.3 is 15.0 Å². The van der Waals surface area contributed by atoms with Crippen LogP contribution in [0.25, 0.3) is 16.9 Å². The molecule has 0 atom stereocenters. The summed E-state index contributed by atoms with van der Waals surface area (Å²) in [6.45, 7) is 7.18. The monoisotopic (exact) mass is 391 g/mol. The second-order valence-corrected chi connectivity index (χ2v) is 7.41. The van der Waals surface area contributed by atoms with Crippen LogP contribution >= 0.6 is 0 Å². The predicted octanol–water partition coefficient (Wildman–Crippen LogP) is 1.49. The van der Waals surface area contributed by atoms with Crippen molar-refractivity contribution in [2.75, 3.05) is 39.4 Å². The number of morpholine rings is 1. The molecule has 1 saturated heterocycles. The lowest BCUT2D eigenvalue weighted by molar-refractivity contribution is -0.906. The molecule has 0 spiro atoms. The third-order valence-electron chi connectivity index (χ3n) is 5.27. The van der Waals surface area contributed by atoms with Crippen molar-refractivity contribution in [1.82, 2.24) is 15.1 Å². The number of hydrogen-bond acceptors (Lipinski definition) is 3. The molecule has 0 saturated carbocycles. The number of aryl methyl sites for hydroxylation is 1. The maximum absolute atomic E-state index is 13.0. The maximum Gasteiger partial charge on any atom is 0.255 e. The summed E-state index contributed by atoms with van der Waals surface area (Å²) in [6, 6.07) is 18.0. The number of aromatic nitrogens is 2. The van der Waals surface area contributed by atoms with Crippen LogP contribution in [0, 0.1) is 6.92 Å². The zero-order chi connectivity index (χ0) is 20.1. The Morgan fingerprint density at radius 3 is 2.55 bits per heavy atom. The predicted molar refractivity (Wildman–Crippen MR) is 112 cm³/mol. The average Bonchev–Trinajstić information content (AvgIpc) is 3.21. The van der Waals surface area contributed by atoms with E-state index in [0.717, 1.165) is 44.1 Å². The number of benzene rings is 2. The molecule has 2 heterocycles. The summed E-state index contributed by atoms with van der Waals surface area (Å²) < 4.78 is 7.17. The first-order chi connectivity index (χ1) is 14.2. The van der Waals surface area contributed by atoms with E-state index in [1.165, 1.54) is 10.5 Å². The van der Waals surface area contributed by atoms with E-state index in [0.29, 0.717) is 17.8 Å². The van der Waals surface area contributed by atoms with Gasteiger partial charge in [-0.25, -0.2) is 4.68 Å². The minimum atomic E-state index is -0.0876. The number of ether oxygens (including phenoxy) is 1. The van der Waals surface area contributed by atoms with Crippen LogP contribution in [0.2, 0.25) is 0 Å². The number of para-hydroxylation sites is 1. The Bertz CT molecular complexity index is 945. The van der Waals surface area contributed by atoms with Gasteiger partial charge in [-0.1, -0.05) is 48.0 Å². The number of nitrogens with zero attached hydrogens (tertiary/aromatic N) is 2. The van der Waals surface area contributed by atoms with Crippen molar-refractivity contribution >= 4 is 5.91 Å². The van der Waals surface area contributed by atoms with Crippen LogP contribution in [0.1, 0.15) is 15.9 Å². The minimum absolute atomic E-state index is 0.0876. The van der Waals surface area contributed by atoms with Gasteiger partial charge in [0.15, 0.2) is 0 Å². The van der Waals surface area contributed by atoms with E-state index < -0.39 is 0 Å². The Balaban J connectivity index is 1.55. The molecule has 29 heavy (non-hydrogen) atoms. The molecule has 4 rings (SSSR count). The maximum atomic E-state index is 13.0. The molecule has 0 radical (unpaired) electrons. The van der Waals surface area contributed by atoms with Crippen molar-refractivity contribution in [3.05, 3.63) is 71.9 Å². The van der Waals surface area contributed by atoms with Gasteiger partial charge in [0.25, 0.3) is 5.91 Å². The van der Waals surface area contributed by atoms with E-state index in [-0.39, 0.29) is 5.91 Å². The molecule has 6 heteroatoms. The highest BCUT2D eigenvalue weighted by Crippen LogP contribution is 2.24. The van der Waals surface area contributed by atoms with E-state index in [2.05, 4.69) is 5.32 Å². The lowest BCUT2D eigenvalue weighted by Gasteiger charge is -2.23. The molecule has 2 N–H and O–H groups in total. The minimum Gasteiger partial charge on any atom is -0.370 e. The highest BCUT2D eigenvalue weighted by atomic mass is 16.5. The summed E-state index contributed by atoms with van der Waals surface area (Å²) in [5, 5.41) is 7.81. The van der Waals surface area contributed by atoms with Gasteiger partial charge in [0, 0.05) is 11.8 Å². The van der Waals surface area contributed by atoms with Crippen LogP contribution in [0.15, 0.2) is 60.8 Å². The van der Waals surface area contributed by atoms with Crippen molar-refractivity contribution in [2.45, 2.75) is 6.92 Å². The van der Waals surface area contributed by atoms with Crippen LogP contribution < -0.4 is 10.2 Å². The SMILES string of the molecule is Cc1ccc(-c2nn(-c3ccccc3)cc2C(=O)NCC[NH+]2CCOCC2)cc1. The molecule has 0 aliphatic carbocycles. The highest BCUT2D eigenvalue weighted by molar-refractivity contribution is 5.99. The second-order valence-electron chi connectivity index (χ2n) is 7.41. The number of hydrogen-bond donors (Lipinski definition) is 2. The van der Waals surface area contributed by atoms with Crippen LogP contribution in [0.3, 0.4) is 0 Å². The van der Waals surface area contributed by atoms with Gasteiger partial charge in [-0.3, -0.25) is 4.79 Å². The van der Waals surface area contributed by atoms with Crippen molar-refractivity contribution in [2.24, 2.45) is 0 Å². The Morgan fingerprint density at radius 1 is 1.10 bits per heavy atom. The first-order valence-electron chi connectivity index (χ1n) is 10.1. The number of rotatable bonds is 6. The third-order valence-corrected chi connectivity index (χ3v) is 5.27. The largest absolute Gasteiger partial charge is 0.370 e. The molecule has 1 aliphatic heterocycles. The average molecular weight is 391 g/mol. The van der Waals surface area contributed by atoms with Gasteiger partial charge >= 0.3 is 0 Å². The van der Waals surface area contributed by atoms with Gasteiger partial charge in [0.1, 0.15) is 18.8 Å². The number of quaternary nitrogens is 1. The van der Waals surface area contributed by atoms with Crippen LogP contribution in [0.5, 0.6) is 0 Å². The molecule has 3 aromatic rings. The molecular formula is C23H27N4O2+. The highest BCUT2D eigenvalue weighted by Gasteiger charge is 2.19. The zero-order valence-electron chi connectivity index (χ0n) is 16.7. The molecular weight excluding hydrogens is 364 g/mol. The number of carbonyl (C=O) groups is 1. The summed E-state index contributed by atoms with van der Waals surface area (Å²) >= 11 is 0. The van der Waals surface area contributed by atoms with E-state index in [1.807, 2.05) is 67.7 Å². The number of nitrogens with one attached hydrogen (secondary N) is 2. The zero-order valence-corrected chi connectivity index (χ0v) is 16.7. The molecule has 1 fully saturated rings. The molecule has 0 bridgehead atoms. The Kier molecular flexibility index (Phi) is 6.03. The fourth-order valence-electron chi connectivity index (χ4n) is 3.54. The van der Waals surface area contributed by atoms with Crippen molar-refractivity contribution in [3.63, 3.8) is 0 Å². The van der Waals surface area contributed by atoms with Gasteiger partial charge in [0.2, 0.25) is 0 Å². The van der Waals surface area contributed by atoms with E-state index >= 15 is 0 Å². The molecule has 150 valence electrons. The van der Waals surface area contributed by atoms with Crippen molar-refractivity contribution in [1.29, 1.82) is 0 Å².